The number of ether oxygens (including phenoxy) is 2. The number of hydrogen-bond acceptors (Lipinski definition) is 6. The monoisotopic (exact) mass is 443 g/mol. The first-order valence-corrected chi connectivity index (χ1v) is 11.1. The average molecular weight is 444 g/mol. The quantitative estimate of drug-likeness (QED) is 0.471. The van der Waals surface area contributed by atoms with Crippen molar-refractivity contribution in [2.45, 2.75) is 39.2 Å². The third-order valence-corrected chi connectivity index (χ3v) is 5.73. The van der Waals surface area contributed by atoms with E-state index in [4.69, 9.17) is 19.4 Å². The minimum atomic E-state index is -0.272. The summed E-state index contributed by atoms with van der Waals surface area (Å²) in [5.41, 5.74) is 3.16. The van der Waals surface area contributed by atoms with Crippen molar-refractivity contribution in [1.82, 2.24) is 19.5 Å². The molecule has 0 saturated heterocycles. The second kappa shape index (κ2) is 8.90. The van der Waals surface area contributed by atoms with E-state index in [-0.39, 0.29) is 5.91 Å². The zero-order valence-electron chi connectivity index (χ0n) is 18.7. The summed E-state index contributed by atoms with van der Waals surface area (Å²) in [5, 5.41) is 2.95. The van der Waals surface area contributed by atoms with E-state index in [1.54, 1.807) is 55.8 Å². The number of pyridine rings is 2. The van der Waals surface area contributed by atoms with Crippen molar-refractivity contribution in [3.8, 4) is 17.4 Å². The Morgan fingerprint density at radius 1 is 1.06 bits per heavy atom. The minimum absolute atomic E-state index is 0.272. The maximum Gasteiger partial charge on any atom is 0.258 e. The molecule has 0 unspecified atom stereocenters. The third-order valence-electron chi connectivity index (χ3n) is 5.73. The van der Waals surface area contributed by atoms with Crippen LogP contribution in [0.1, 0.15) is 41.1 Å². The zero-order valence-corrected chi connectivity index (χ0v) is 18.7. The molecule has 0 fully saturated rings. The van der Waals surface area contributed by atoms with E-state index in [9.17, 15) is 4.79 Å². The fourth-order valence-corrected chi connectivity index (χ4v) is 4.10. The molecule has 0 radical (unpaired) electrons. The summed E-state index contributed by atoms with van der Waals surface area (Å²) >= 11 is 0. The van der Waals surface area contributed by atoms with E-state index in [0.717, 1.165) is 48.7 Å². The standard InChI is InChI=1S/C25H25N5O3/c1-16-15-19(22-23(27-16)30-14-5-3-4-8-21(30)29-22)24(31)28-20-7-6-13-26-25(20)33-18-11-9-17(32-2)10-12-18/h6-7,9-13,15H,3-5,8,14H2,1-2H3,(H,28,31). The molecule has 1 amide bonds. The van der Waals surface area contributed by atoms with E-state index >= 15 is 0 Å². The van der Waals surface area contributed by atoms with E-state index in [1.807, 2.05) is 6.92 Å². The van der Waals surface area contributed by atoms with Crippen LogP contribution >= 0.6 is 0 Å². The molecule has 8 nitrogen and oxygen atoms in total. The predicted octanol–water partition coefficient (Wildman–Crippen LogP) is 4.91. The van der Waals surface area contributed by atoms with Crippen LogP contribution in [-0.4, -0.2) is 32.5 Å². The molecule has 0 atom stereocenters. The van der Waals surface area contributed by atoms with E-state index in [1.165, 1.54) is 6.42 Å². The van der Waals surface area contributed by atoms with Crippen molar-refractivity contribution >= 4 is 22.8 Å². The lowest BCUT2D eigenvalue weighted by Gasteiger charge is -2.12. The maximum absolute atomic E-state index is 13.4. The van der Waals surface area contributed by atoms with Gasteiger partial charge in [-0.1, -0.05) is 6.42 Å². The Bertz CT molecular complexity index is 1310. The number of benzene rings is 1. The molecule has 0 aliphatic carbocycles. The van der Waals surface area contributed by atoms with E-state index < -0.39 is 0 Å². The highest BCUT2D eigenvalue weighted by Crippen LogP contribution is 2.30. The van der Waals surface area contributed by atoms with Crippen LogP contribution in [0.25, 0.3) is 11.2 Å². The van der Waals surface area contributed by atoms with Crippen molar-refractivity contribution in [3.63, 3.8) is 0 Å². The molecule has 4 aromatic rings. The van der Waals surface area contributed by atoms with Crippen molar-refractivity contribution in [3.05, 3.63) is 65.7 Å². The summed E-state index contributed by atoms with van der Waals surface area (Å²) in [4.78, 5) is 27.2. The normalized spacial score (nSPS) is 13.3. The van der Waals surface area contributed by atoms with Crippen LogP contribution in [0.15, 0.2) is 48.7 Å². The molecular formula is C25H25N5O3. The van der Waals surface area contributed by atoms with Crippen LogP contribution in [0.2, 0.25) is 0 Å². The maximum atomic E-state index is 13.4. The van der Waals surface area contributed by atoms with Gasteiger partial charge in [0.25, 0.3) is 5.91 Å². The molecule has 1 aliphatic heterocycles. The van der Waals surface area contributed by atoms with Gasteiger partial charge in [0.05, 0.1) is 12.7 Å². The number of imidazole rings is 1. The van der Waals surface area contributed by atoms with Crippen LogP contribution < -0.4 is 14.8 Å². The van der Waals surface area contributed by atoms with Crippen LogP contribution in [-0.2, 0) is 13.0 Å². The van der Waals surface area contributed by atoms with Crippen molar-refractivity contribution in [1.29, 1.82) is 0 Å². The molecule has 168 valence electrons. The van der Waals surface area contributed by atoms with Gasteiger partial charge in [0.1, 0.15) is 28.5 Å². The number of nitrogens with one attached hydrogen (secondary N) is 1. The second-order valence-electron chi connectivity index (χ2n) is 8.06. The summed E-state index contributed by atoms with van der Waals surface area (Å²) in [7, 11) is 1.61. The molecule has 0 saturated carbocycles. The molecule has 1 aromatic carbocycles. The number of aromatic nitrogens is 4. The third kappa shape index (κ3) is 4.24. The average Bonchev–Trinajstić information content (AvgIpc) is 3.00. The number of carbonyl (C=O) groups excluding carboxylic acids is 1. The molecule has 33 heavy (non-hydrogen) atoms. The fraction of sp³-hybridized carbons (Fsp3) is 0.280. The van der Waals surface area contributed by atoms with Gasteiger partial charge in [0.15, 0.2) is 5.65 Å². The number of fused-ring (bicyclic) bond motifs is 3. The number of rotatable bonds is 5. The van der Waals surface area contributed by atoms with Gasteiger partial charge < -0.3 is 19.4 Å². The van der Waals surface area contributed by atoms with Crippen LogP contribution in [0, 0.1) is 6.92 Å². The summed E-state index contributed by atoms with van der Waals surface area (Å²) in [6.45, 7) is 2.78. The second-order valence-corrected chi connectivity index (χ2v) is 8.06. The lowest BCUT2D eigenvalue weighted by molar-refractivity contribution is 0.102. The van der Waals surface area contributed by atoms with Gasteiger partial charge in [0, 0.05) is 24.9 Å². The van der Waals surface area contributed by atoms with Crippen LogP contribution in [0.5, 0.6) is 17.4 Å². The smallest absolute Gasteiger partial charge is 0.258 e. The number of carbonyl (C=O) groups is 1. The number of aryl methyl sites for hydroxylation is 3. The zero-order chi connectivity index (χ0) is 22.8. The Morgan fingerprint density at radius 2 is 1.88 bits per heavy atom. The largest absolute Gasteiger partial charge is 0.497 e. The molecule has 0 spiro atoms. The number of amides is 1. The molecule has 1 aliphatic rings. The molecule has 3 aromatic heterocycles. The lowest BCUT2D eigenvalue weighted by atomic mass is 10.2. The van der Waals surface area contributed by atoms with Crippen LogP contribution in [0.4, 0.5) is 5.69 Å². The van der Waals surface area contributed by atoms with Gasteiger partial charge in [-0.2, -0.15) is 0 Å². The highest BCUT2D eigenvalue weighted by atomic mass is 16.5. The first-order chi connectivity index (χ1) is 16.1. The summed E-state index contributed by atoms with van der Waals surface area (Å²) in [6, 6.07) is 12.5. The Hall–Kier alpha value is -3.94. The highest BCUT2D eigenvalue weighted by Gasteiger charge is 2.22. The fourth-order valence-electron chi connectivity index (χ4n) is 4.10. The molecule has 0 bridgehead atoms. The van der Waals surface area contributed by atoms with Gasteiger partial charge in [-0.3, -0.25) is 4.79 Å². The molecular weight excluding hydrogens is 418 g/mol. The van der Waals surface area contributed by atoms with Crippen molar-refractivity contribution < 1.29 is 14.3 Å². The van der Waals surface area contributed by atoms with Crippen LogP contribution in [0.3, 0.4) is 0 Å². The van der Waals surface area contributed by atoms with E-state index in [2.05, 4.69) is 14.9 Å². The van der Waals surface area contributed by atoms with Gasteiger partial charge in [-0.25, -0.2) is 15.0 Å². The van der Waals surface area contributed by atoms with Gasteiger partial charge in [-0.05, 0) is 62.2 Å². The Balaban J connectivity index is 1.45. The molecule has 4 heterocycles. The first kappa shape index (κ1) is 20.9. The van der Waals surface area contributed by atoms with Gasteiger partial charge >= 0.3 is 0 Å². The molecule has 8 heteroatoms. The number of anilines is 1. The van der Waals surface area contributed by atoms with Crippen molar-refractivity contribution in [2.75, 3.05) is 12.4 Å². The number of methoxy groups -OCH3 is 1. The van der Waals surface area contributed by atoms with Crippen molar-refractivity contribution in [2.24, 2.45) is 0 Å². The molecule has 1 N–H and O–H groups in total. The molecule has 5 rings (SSSR count). The summed E-state index contributed by atoms with van der Waals surface area (Å²) in [6.07, 6.45) is 5.90. The van der Waals surface area contributed by atoms with Gasteiger partial charge in [-0.15, -0.1) is 0 Å². The topological polar surface area (TPSA) is 91.2 Å². The SMILES string of the molecule is COc1ccc(Oc2ncccc2NC(=O)c2cc(C)nc3c2nc2n3CCCCC2)cc1. The summed E-state index contributed by atoms with van der Waals surface area (Å²) in [5.74, 6) is 2.35. The predicted molar refractivity (Wildman–Crippen MR) is 125 cm³/mol. The Labute approximate surface area is 191 Å². The van der Waals surface area contributed by atoms with Gasteiger partial charge in [0.2, 0.25) is 5.88 Å². The Kier molecular flexibility index (Phi) is 5.64. The lowest BCUT2D eigenvalue weighted by Crippen LogP contribution is -2.14. The minimum Gasteiger partial charge on any atom is -0.497 e. The van der Waals surface area contributed by atoms with E-state index in [0.29, 0.717) is 28.4 Å². The first-order valence-electron chi connectivity index (χ1n) is 11.1. The number of hydrogen-bond donors (Lipinski definition) is 1. The Morgan fingerprint density at radius 3 is 2.70 bits per heavy atom. The summed E-state index contributed by atoms with van der Waals surface area (Å²) < 4.78 is 13.3. The highest BCUT2D eigenvalue weighted by molar-refractivity contribution is 6.11. The number of nitrogens with zero attached hydrogens (tertiary/aromatic N) is 4.